The molecule has 0 radical (unpaired) electrons. The second kappa shape index (κ2) is 8.25. The summed E-state index contributed by atoms with van der Waals surface area (Å²) in [6, 6.07) is 13.3. The minimum Gasteiger partial charge on any atom is -0.493 e. The van der Waals surface area contributed by atoms with Gasteiger partial charge in [0.15, 0.2) is 18.1 Å². The lowest BCUT2D eigenvalue weighted by atomic mass is 10.1. The highest BCUT2D eigenvalue weighted by atomic mass is 19.4. The van der Waals surface area contributed by atoms with Crippen molar-refractivity contribution in [3.8, 4) is 11.5 Å². The van der Waals surface area contributed by atoms with Gasteiger partial charge in [0, 0.05) is 12.6 Å². The molecule has 1 atom stereocenters. The van der Waals surface area contributed by atoms with Crippen LogP contribution in [0.1, 0.15) is 29.7 Å². The Morgan fingerprint density at radius 3 is 2.32 bits per heavy atom. The molecule has 0 fully saturated rings. The minimum atomic E-state index is -4.38. The largest absolute Gasteiger partial charge is 0.493 e. The Hall–Kier alpha value is -2.21. The Morgan fingerprint density at radius 1 is 1.04 bits per heavy atom. The molecule has 0 spiro atoms. The molecule has 0 saturated heterocycles. The van der Waals surface area contributed by atoms with E-state index in [0.717, 1.165) is 5.56 Å². The van der Waals surface area contributed by atoms with Crippen LogP contribution >= 0.6 is 0 Å². The summed E-state index contributed by atoms with van der Waals surface area (Å²) in [7, 11) is 1.40. The van der Waals surface area contributed by atoms with E-state index < -0.39 is 12.8 Å². The van der Waals surface area contributed by atoms with Crippen molar-refractivity contribution in [2.75, 3.05) is 13.7 Å². The Morgan fingerprint density at radius 2 is 1.72 bits per heavy atom. The van der Waals surface area contributed by atoms with Crippen LogP contribution in [0.25, 0.3) is 0 Å². The van der Waals surface area contributed by atoms with E-state index in [2.05, 4.69) is 36.5 Å². The minimum absolute atomic E-state index is 0.0789. The molecule has 2 rings (SSSR count). The number of rotatable bonds is 7. The van der Waals surface area contributed by atoms with Crippen molar-refractivity contribution in [1.29, 1.82) is 0 Å². The Kier molecular flexibility index (Phi) is 6.31. The van der Waals surface area contributed by atoms with Gasteiger partial charge in [-0.15, -0.1) is 0 Å². The molecule has 0 aromatic heterocycles. The van der Waals surface area contributed by atoms with Gasteiger partial charge in [0.05, 0.1) is 7.11 Å². The number of alkyl halides is 3. The molecule has 0 heterocycles. The van der Waals surface area contributed by atoms with Gasteiger partial charge in [-0.3, -0.25) is 0 Å². The molecule has 136 valence electrons. The quantitative estimate of drug-likeness (QED) is 0.776. The van der Waals surface area contributed by atoms with E-state index >= 15 is 0 Å². The Bertz CT molecular complexity index is 684. The fraction of sp³-hybridized carbons (Fsp3) is 0.368. The first-order valence-corrected chi connectivity index (χ1v) is 7.95. The smallest absolute Gasteiger partial charge is 0.422 e. The van der Waals surface area contributed by atoms with Crippen LogP contribution in [-0.4, -0.2) is 19.9 Å². The predicted octanol–water partition coefficient (Wildman–Crippen LogP) is 4.80. The van der Waals surface area contributed by atoms with Gasteiger partial charge in [-0.2, -0.15) is 13.2 Å². The van der Waals surface area contributed by atoms with Gasteiger partial charge in [0.25, 0.3) is 0 Å². The first kappa shape index (κ1) is 19.1. The highest BCUT2D eigenvalue weighted by molar-refractivity contribution is 5.43. The van der Waals surface area contributed by atoms with E-state index in [-0.39, 0.29) is 17.5 Å². The van der Waals surface area contributed by atoms with Crippen molar-refractivity contribution in [2.45, 2.75) is 32.6 Å². The van der Waals surface area contributed by atoms with Gasteiger partial charge in [-0.05, 0) is 37.1 Å². The van der Waals surface area contributed by atoms with Crippen molar-refractivity contribution in [1.82, 2.24) is 5.32 Å². The van der Waals surface area contributed by atoms with Crippen molar-refractivity contribution in [3.63, 3.8) is 0 Å². The summed E-state index contributed by atoms with van der Waals surface area (Å²) in [6.45, 7) is 3.32. The average Bonchev–Trinajstić information content (AvgIpc) is 2.58. The maximum atomic E-state index is 12.3. The molecule has 0 aliphatic carbocycles. The van der Waals surface area contributed by atoms with Crippen molar-refractivity contribution in [2.24, 2.45) is 0 Å². The number of hydrogen-bond donors (Lipinski definition) is 1. The maximum absolute atomic E-state index is 12.3. The number of aryl methyl sites for hydroxylation is 1. The van der Waals surface area contributed by atoms with Crippen LogP contribution in [0, 0.1) is 6.92 Å². The summed E-state index contributed by atoms with van der Waals surface area (Å²) in [4.78, 5) is 0. The monoisotopic (exact) mass is 353 g/mol. The van der Waals surface area contributed by atoms with Crippen LogP contribution in [0.4, 0.5) is 13.2 Å². The van der Waals surface area contributed by atoms with E-state index in [0.29, 0.717) is 6.54 Å². The number of methoxy groups -OCH3 is 1. The van der Waals surface area contributed by atoms with E-state index in [1.54, 1.807) is 12.1 Å². The summed E-state index contributed by atoms with van der Waals surface area (Å²) in [5.74, 6) is 0.363. The van der Waals surface area contributed by atoms with Crippen molar-refractivity contribution in [3.05, 3.63) is 59.2 Å². The molecular weight excluding hydrogens is 331 g/mol. The van der Waals surface area contributed by atoms with Gasteiger partial charge in [-0.25, -0.2) is 0 Å². The molecule has 2 aromatic carbocycles. The predicted molar refractivity (Wildman–Crippen MR) is 91.0 cm³/mol. The number of halogens is 3. The molecule has 1 N–H and O–H groups in total. The van der Waals surface area contributed by atoms with E-state index in [9.17, 15) is 13.2 Å². The number of ether oxygens (including phenoxy) is 2. The lowest BCUT2D eigenvalue weighted by molar-refractivity contribution is -0.153. The molecule has 0 bridgehead atoms. The summed E-state index contributed by atoms with van der Waals surface area (Å²) in [5.41, 5.74) is 3.27. The molecular formula is C19H22F3NO2. The maximum Gasteiger partial charge on any atom is 0.422 e. The topological polar surface area (TPSA) is 30.5 Å². The zero-order valence-corrected chi connectivity index (χ0v) is 14.5. The third kappa shape index (κ3) is 5.98. The van der Waals surface area contributed by atoms with Gasteiger partial charge in [0.1, 0.15) is 0 Å². The molecule has 6 heteroatoms. The molecule has 0 aliphatic rings. The molecule has 3 nitrogen and oxygen atoms in total. The highest BCUT2D eigenvalue weighted by Crippen LogP contribution is 2.30. The van der Waals surface area contributed by atoms with Gasteiger partial charge in [0.2, 0.25) is 0 Å². The Balaban J connectivity index is 1.99. The fourth-order valence-corrected chi connectivity index (χ4v) is 2.34. The van der Waals surface area contributed by atoms with Crippen LogP contribution in [0.5, 0.6) is 11.5 Å². The zero-order valence-electron chi connectivity index (χ0n) is 14.5. The lowest BCUT2D eigenvalue weighted by Crippen LogP contribution is -2.20. The molecule has 0 aliphatic heterocycles. The van der Waals surface area contributed by atoms with E-state index in [1.807, 2.05) is 6.92 Å². The summed E-state index contributed by atoms with van der Waals surface area (Å²) in [5, 5.41) is 3.39. The van der Waals surface area contributed by atoms with Gasteiger partial charge in [-0.1, -0.05) is 35.9 Å². The van der Waals surface area contributed by atoms with Crippen molar-refractivity contribution >= 4 is 0 Å². The molecule has 0 saturated carbocycles. The first-order chi connectivity index (χ1) is 11.8. The van der Waals surface area contributed by atoms with Crippen LogP contribution in [0.15, 0.2) is 42.5 Å². The summed E-state index contributed by atoms with van der Waals surface area (Å²) in [6.07, 6.45) is -4.38. The van der Waals surface area contributed by atoms with Gasteiger partial charge >= 0.3 is 6.18 Å². The average molecular weight is 353 g/mol. The summed E-state index contributed by atoms with van der Waals surface area (Å²) < 4.78 is 46.7. The Labute approximate surface area is 145 Å². The third-order valence-electron chi connectivity index (χ3n) is 3.81. The molecule has 0 amide bonds. The van der Waals surface area contributed by atoms with Crippen LogP contribution in [0.3, 0.4) is 0 Å². The van der Waals surface area contributed by atoms with Crippen LogP contribution < -0.4 is 14.8 Å². The SMILES string of the molecule is COc1cc(CNC(C)c2ccc(C)cc2)ccc1OCC(F)(F)F. The first-order valence-electron chi connectivity index (χ1n) is 7.95. The van der Waals surface area contributed by atoms with E-state index in [1.165, 1.54) is 24.3 Å². The van der Waals surface area contributed by atoms with Gasteiger partial charge < -0.3 is 14.8 Å². The van der Waals surface area contributed by atoms with Crippen LogP contribution in [0.2, 0.25) is 0 Å². The molecule has 25 heavy (non-hydrogen) atoms. The third-order valence-corrected chi connectivity index (χ3v) is 3.81. The normalized spacial score (nSPS) is 12.7. The number of benzene rings is 2. The second-order valence-corrected chi connectivity index (χ2v) is 5.90. The fourth-order valence-electron chi connectivity index (χ4n) is 2.34. The molecule has 2 aromatic rings. The van der Waals surface area contributed by atoms with E-state index in [4.69, 9.17) is 9.47 Å². The lowest BCUT2D eigenvalue weighted by Gasteiger charge is -2.16. The summed E-state index contributed by atoms with van der Waals surface area (Å²) >= 11 is 0. The highest BCUT2D eigenvalue weighted by Gasteiger charge is 2.29. The number of nitrogens with one attached hydrogen (secondary N) is 1. The second-order valence-electron chi connectivity index (χ2n) is 5.90. The van der Waals surface area contributed by atoms with Crippen molar-refractivity contribution < 1.29 is 22.6 Å². The zero-order chi connectivity index (χ0) is 18.4. The standard InChI is InChI=1S/C19H22F3NO2/c1-13-4-7-16(8-5-13)14(2)23-11-15-6-9-17(18(10-15)24-3)25-12-19(20,21)22/h4-10,14,23H,11-12H2,1-3H3. The molecule has 1 unspecified atom stereocenters. The number of hydrogen-bond acceptors (Lipinski definition) is 3. The van der Waals surface area contributed by atoms with Crippen LogP contribution in [-0.2, 0) is 6.54 Å².